The lowest BCUT2D eigenvalue weighted by Gasteiger charge is -2.14. The first kappa shape index (κ1) is 12.9. The van der Waals surface area contributed by atoms with E-state index in [0.717, 1.165) is 19.3 Å². The molecule has 0 bridgehead atoms. The number of carboxylic acids is 1. The molecule has 0 radical (unpaired) electrons. The van der Waals surface area contributed by atoms with E-state index in [0.29, 0.717) is 0 Å². The molecule has 0 rings (SSSR count). The fourth-order valence-corrected chi connectivity index (χ4v) is 1.39. The molecule has 0 aliphatic carbocycles. The minimum atomic E-state index is -0.673. The summed E-state index contributed by atoms with van der Waals surface area (Å²) in [4.78, 5) is 10.8. The molecular weight excluding hydrogens is 176 g/mol. The third-order valence-electron chi connectivity index (χ3n) is 2.28. The Hall–Kier alpha value is -1.05. The quantitative estimate of drug-likeness (QED) is 0.501. The molecule has 2 heteroatoms. The van der Waals surface area contributed by atoms with Crippen LogP contribution in [-0.4, -0.2) is 11.1 Å². The summed E-state index contributed by atoms with van der Waals surface area (Å²) in [5.74, 6) is -0.657. The molecular formula is C12H20O2. The van der Waals surface area contributed by atoms with Gasteiger partial charge in [0.15, 0.2) is 0 Å². The van der Waals surface area contributed by atoms with Crippen molar-refractivity contribution in [2.45, 2.75) is 33.1 Å². The number of aliphatic carboxylic acids is 1. The van der Waals surface area contributed by atoms with Gasteiger partial charge in [-0.25, -0.2) is 0 Å². The molecule has 14 heavy (non-hydrogen) atoms. The average molecular weight is 196 g/mol. The molecule has 0 heterocycles. The van der Waals surface area contributed by atoms with Crippen LogP contribution in [-0.2, 0) is 4.79 Å². The molecule has 80 valence electrons. The Morgan fingerprint density at radius 2 is 2.14 bits per heavy atom. The van der Waals surface area contributed by atoms with Crippen LogP contribution in [0.25, 0.3) is 0 Å². The van der Waals surface area contributed by atoms with E-state index in [-0.39, 0.29) is 11.8 Å². The Morgan fingerprint density at radius 1 is 1.50 bits per heavy atom. The summed E-state index contributed by atoms with van der Waals surface area (Å²) in [6.07, 6.45) is 8.27. The zero-order chi connectivity index (χ0) is 11.0. The smallest absolute Gasteiger partial charge is 0.306 e. The maximum atomic E-state index is 10.8. The predicted octanol–water partition coefficient (Wildman–Crippen LogP) is 3.26. The highest BCUT2D eigenvalue weighted by atomic mass is 16.4. The number of unbranched alkanes of at least 4 members (excludes halogenated alkanes) is 1. The minimum Gasteiger partial charge on any atom is -0.481 e. The van der Waals surface area contributed by atoms with Crippen molar-refractivity contribution in [3.63, 3.8) is 0 Å². The van der Waals surface area contributed by atoms with Gasteiger partial charge >= 0.3 is 5.97 Å². The first-order valence-corrected chi connectivity index (χ1v) is 5.10. The molecule has 0 aromatic carbocycles. The first-order chi connectivity index (χ1) is 6.59. The standard InChI is InChI=1S/C12H20O2/c1-4-5-6-7-8-9-11(10(2)3)12(13)14/h4-6,10-11H,1,7-9H2,2-3H3,(H,13,14). The second kappa shape index (κ2) is 7.36. The molecule has 1 unspecified atom stereocenters. The van der Waals surface area contributed by atoms with Crippen molar-refractivity contribution in [1.82, 2.24) is 0 Å². The summed E-state index contributed by atoms with van der Waals surface area (Å²) in [6.45, 7) is 7.48. The highest BCUT2D eigenvalue weighted by Gasteiger charge is 2.19. The largest absolute Gasteiger partial charge is 0.481 e. The van der Waals surface area contributed by atoms with Crippen molar-refractivity contribution in [3.8, 4) is 0 Å². The van der Waals surface area contributed by atoms with Gasteiger partial charge in [0.05, 0.1) is 5.92 Å². The lowest BCUT2D eigenvalue weighted by Crippen LogP contribution is -2.19. The lowest BCUT2D eigenvalue weighted by molar-refractivity contribution is -0.143. The van der Waals surface area contributed by atoms with Crippen LogP contribution in [0.3, 0.4) is 0 Å². The molecule has 2 nitrogen and oxygen atoms in total. The third kappa shape index (κ3) is 5.57. The molecule has 1 N–H and O–H groups in total. The van der Waals surface area contributed by atoms with Crippen molar-refractivity contribution >= 4 is 5.97 Å². The van der Waals surface area contributed by atoms with Gasteiger partial charge in [0.25, 0.3) is 0 Å². The second-order valence-corrected chi connectivity index (χ2v) is 3.78. The van der Waals surface area contributed by atoms with Gasteiger partial charge in [0.1, 0.15) is 0 Å². The minimum absolute atomic E-state index is 0.202. The van der Waals surface area contributed by atoms with E-state index in [2.05, 4.69) is 6.58 Å². The number of rotatable bonds is 7. The second-order valence-electron chi connectivity index (χ2n) is 3.78. The summed E-state index contributed by atoms with van der Waals surface area (Å²) < 4.78 is 0. The van der Waals surface area contributed by atoms with Crippen LogP contribution < -0.4 is 0 Å². The molecule has 0 aliphatic rings. The summed E-state index contributed by atoms with van der Waals surface area (Å²) >= 11 is 0. The molecule has 1 atom stereocenters. The van der Waals surface area contributed by atoms with E-state index in [4.69, 9.17) is 5.11 Å². The number of hydrogen-bond acceptors (Lipinski definition) is 1. The topological polar surface area (TPSA) is 37.3 Å². The highest BCUT2D eigenvalue weighted by molar-refractivity contribution is 5.70. The Labute approximate surface area is 86.3 Å². The lowest BCUT2D eigenvalue weighted by atomic mass is 9.91. The van der Waals surface area contributed by atoms with Crippen LogP contribution in [0.4, 0.5) is 0 Å². The summed E-state index contributed by atoms with van der Waals surface area (Å²) in [5, 5.41) is 8.91. The van der Waals surface area contributed by atoms with Crippen molar-refractivity contribution in [1.29, 1.82) is 0 Å². The summed E-state index contributed by atoms with van der Waals surface area (Å²) in [5.41, 5.74) is 0. The normalized spacial score (nSPS) is 13.4. The first-order valence-electron chi connectivity index (χ1n) is 5.10. The van der Waals surface area contributed by atoms with E-state index >= 15 is 0 Å². The molecule has 0 saturated heterocycles. The zero-order valence-electron chi connectivity index (χ0n) is 9.07. The van der Waals surface area contributed by atoms with E-state index < -0.39 is 5.97 Å². The van der Waals surface area contributed by atoms with Gasteiger partial charge < -0.3 is 5.11 Å². The van der Waals surface area contributed by atoms with E-state index in [1.807, 2.05) is 26.0 Å². The van der Waals surface area contributed by atoms with Gasteiger partial charge in [0, 0.05) is 0 Å². The van der Waals surface area contributed by atoms with Crippen molar-refractivity contribution in [3.05, 3.63) is 24.8 Å². The summed E-state index contributed by atoms with van der Waals surface area (Å²) in [6, 6.07) is 0. The van der Waals surface area contributed by atoms with E-state index in [9.17, 15) is 4.79 Å². The van der Waals surface area contributed by atoms with Gasteiger partial charge in [-0.1, -0.05) is 38.7 Å². The highest BCUT2D eigenvalue weighted by Crippen LogP contribution is 2.18. The van der Waals surface area contributed by atoms with Crippen molar-refractivity contribution in [2.75, 3.05) is 0 Å². The van der Waals surface area contributed by atoms with Crippen LogP contribution in [0, 0.1) is 11.8 Å². The number of allylic oxidation sites excluding steroid dienone is 3. The SMILES string of the molecule is C=CC=CCCCC(C(=O)O)C(C)C. The Balaban J connectivity index is 3.78. The Bertz CT molecular complexity index is 204. The average Bonchev–Trinajstić information content (AvgIpc) is 2.09. The van der Waals surface area contributed by atoms with Gasteiger partial charge in [-0.2, -0.15) is 0 Å². The maximum absolute atomic E-state index is 10.8. The van der Waals surface area contributed by atoms with Crippen LogP contribution in [0.2, 0.25) is 0 Å². The predicted molar refractivity (Wildman–Crippen MR) is 59.2 cm³/mol. The molecule has 0 aromatic rings. The van der Waals surface area contributed by atoms with Gasteiger partial charge in [0.2, 0.25) is 0 Å². The Kier molecular flexibility index (Phi) is 6.81. The number of carbonyl (C=O) groups is 1. The third-order valence-corrected chi connectivity index (χ3v) is 2.28. The maximum Gasteiger partial charge on any atom is 0.306 e. The van der Waals surface area contributed by atoms with Crippen LogP contribution in [0.5, 0.6) is 0 Å². The van der Waals surface area contributed by atoms with Crippen molar-refractivity contribution < 1.29 is 9.90 Å². The van der Waals surface area contributed by atoms with Crippen LogP contribution >= 0.6 is 0 Å². The van der Waals surface area contributed by atoms with E-state index in [1.165, 1.54) is 0 Å². The monoisotopic (exact) mass is 196 g/mol. The molecule has 0 spiro atoms. The molecule has 0 aromatic heterocycles. The van der Waals surface area contributed by atoms with Crippen molar-refractivity contribution in [2.24, 2.45) is 11.8 Å². The number of hydrogen-bond donors (Lipinski definition) is 1. The molecule has 0 saturated carbocycles. The number of carboxylic acid groups (broad SMARTS) is 1. The molecule has 0 aliphatic heterocycles. The van der Waals surface area contributed by atoms with Gasteiger partial charge in [-0.3, -0.25) is 4.79 Å². The summed E-state index contributed by atoms with van der Waals surface area (Å²) in [7, 11) is 0. The zero-order valence-corrected chi connectivity index (χ0v) is 9.07. The van der Waals surface area contributed by atoms with Crippen LogP contribution in [0.1, 0.15) is 33.1 Å². The fraction of sp³-hybridized carbons (Fsp3) is 0.583. The Morgan fingerprint density at radius 3 is 2.57 bits per heavy atom. The molecule has 0 amide bonds. The molecule has 0 fully saturated rings. The van der Waals surface area contributed by atoms with Gasteiger partial charge in [-0.15, -0.1) is 0 Å². The van der Waals surface area contributed by atoms with Crippen LogP contribution in [0.15, 0.2) is 24.8 Å². The fourth-order valence-electron chi connectivity index (χ4n) is 1.39. The van der Waals surface area contributed by atoms with E-state index in [1.54, 1.807) is 6.08 Å². The van der Waals surface area contributed by atoms with Gasteiger partial charge in [-0.05, 0) is 25.2 Å².